The van der Waals surface area contributed by atoms with Crippen molar-refractivity contribution in [1.29, 1.82) is 0 Å². The Morgan fingerprint density at radius 3 is 2.90 bits per heavy atom. The molecule has 0 amide bonds. The number of carboxylic acid groups (broad SMARTS) is 1. The van der Waals surface area contributed by atoms with Crippen molar-refractivity contribution in [1.82, 2.24) is 0 Å². The van der Waals surface area contributed by atoms with Gasteiger partial charge in [-0.1, -0.05) is 12.5 Å². The second-order valence-corrected chi connectivity index (χ2v) is 4.91. The van der Waals surface area contributed by atoms with Gasteiger partial charge >= 0.3 is 11.7 Å². The maximum atomic E-state index is 13.4. The molecule has 0 spiro atoms. The summed E-state index contributed by atoms with van der Waals surface area (Å²) in [7, 11) is 0. The predicted octanol–water partition coefficient (Wildman–Crippen LogP) is 2.65. The third-order valence-electron chi connectivity index (χ3n) is 3.70. The van der Waals surface area contributed by atoms with Crippen LogP contribution in [0.5, 0.6) is 0 Å². The molecular weight excluding hydrogens is 267 g/mol. The number of carbonyl (C=O) groups is 1. The Hall–Kier alpha value is -2.18. The highest BCUT2D eigenvalue weighted by Gasteiger charge is 2.33. The van der Waals surface area contributed by atoms with E-state index in [0.29, 0.717) is 13.0 Å². The van der Waals surface area contributed by atoms with Gasteiger partial charge in [0.25, 0.3) is 0 Å². The molecule has 1 saturated carbocycles. The van der Waals surface area contributed by atoms with Gasteiger partial charge in [0.15, 0.2) is 0 Å². The Morgan fingerprint density at radius 1 is 1.50 bits per heavy atom. The van der Waals surface area contributed by atoms with Crippen LogP contribution >= 0.6 is 0 Å². The number of anilines is 1. The number of aliphatic carboxylic acids is 1. The second kappa shape index (κ2) is 5.85. The lowest BCUT2D eigenvalue weighted by atomic mass is 9.96. The second-order valence-electron chi connectivity index (χ2n) is 4.91. The van der Waals surface area contributed by atoms with E-state index in [0.717, 1.165) is 18.9 Å². The number of para-hydroxylation sites is 1. The van der Waals surface area contributed by atoms with Crippen molar-refractivity contribution < 1.29 is 19.2 Å². The molecule has 0 bridgehead atoms. The molecule has 6 nitrogen and oxygen atoms in total. The number of hydrogen-bond donors (Lipinski definition) is 2. The zero-order valence-corrected chi connectivity index (χ0v) is 10.7. The Labute approximate surface area is 114 Å². The van der Waals surface area contributed by atoms with E-state index in [1.54, 1.807) is 0 Å². The lowest BCUT2D eigenvalue weighted by Crippen LogP contribution is -2.24. The van der Waals surface area contributed by atoms with E-state index in [-0.39, 0.29) is 11.6 Å². The van der Waals surface area contributed by atoms with Crippen LogP contribution in [-0.2, 0) is 4.79 Å². The Balaban J connectivity index is 2.10. The third kappa shape index (κ3) is 2.87. The van der Waals surface area contributed by atoms with Gasteiger partial charge in [0.1, 0.15) is 5.69 Å². The SMILES string of the molecule is O=C(O)C1CCCC1CNc1cccc(F)c1[N+](=O)[O-]. The van der Waals surface area contributed by atoms with Crippen LogP contribution < -0.4 is 5.32 Å². The fourth-order valence-electron chi connectivity index (χ4n) is 2.69. The number of hydrogen-bond acceptors (Lipinski definition) is 4. The first kappa shape index (κ1) is 14.2. The monoisotopic (exact) mass is 282 g/mol. The molecule has 0 aromatic heterocycles. The summed E-state index contributed by atoms with van der Waals surface area (Å²) in [5.74, 6) is -2.27. The van der Waals surface area contributed by atoms with Crippen molar-refractivity contribution in [3.05, 3.63) is 34.1 Å². The summed E-state index contributed by atoms with van der Waals surface area (Å²) >= 11 is 0. The highest BCUT2D eigenvalue weighted by Crippen LogP contribution is 2.33. The zero-order chi connectivity index (χ0) is 14.7. The number of nitrogens with one attached hydrogen (secondary N) is 1. The first-order valence-electron chi connectivity index (χ1n) is 6.40. The van der Waals surface area contributed by atoms with Gasteiger partial charge in [-0.25, -0.2) is 0 Å². The lowest BCUT2D eigenvalue weighted by molar-refractivity contribution is -0.386. The minimum absolute atomic E-state index is 0.0876. The van der Waals surface area contributed by atoms with Crippen LogP contribution in [0, 0.1) is 27.8 Å². The smallest absolute Gasteiger partial charge is 0.327 e. The molecule has 0 radical (unpaired) electrons. The predicted molar refractivity (Wildman–Crippen MR) is 70.0 cm³/mol. The number of nitro groups is 1. The molecule has 2 N–H and O–H groups in total. The van der Waals surface area contributed by atoms with Gasteiger partial charge in [-0.2, -0.15) is 4.39 Å². The minimum Gasteiger partial charge on any atom is -0.481 e. The van der Waals surface area contributed by atoms with Gasteiger partial charge in [-0.3, -0.25) is 14.9 Å². The summed E-state index contributed by atoms with van der Waals surface area (Å²) in [6.07, 6.45) is 2.20. The normalized spacial score (nSPS) is 21.6. The molecule has 20 heavy (non-hydrogen) atoms. The fourth-order valence-corrected chi connectivity index (χ4v) is 2.69. The summed E-state index contributed by atoms with van der Waals surface area (Å²) < 4.78 is 13.4. The van der Waals surface area contributed by atoms with Crippen LogP contribution in [0.1, 0.15) is 19.3 Å². The molecule has 108 valence electrons. The average molecular weight is 282 g/mol. The summed E-state index contributed by atoms with van der Waals surface area (Å²) in [6.45, 7) is 0.293. The Bertz CT molecular complexity index is 535. The van der Waals surface area contributed by atoms with Crippen molar-refractivity contribution in [2.75, 3.05) is 11.9 Å². The third-order valence-corrected chi connectivity index (χ3v) is 3.70. The summed E-state index contributed by atoms with van der Waals surface area (Å²) in [4.78, 5) is 21.1. The number of rotatable bonds is 5. The molecule has 1 fully saturated rings. The molecule has 7 heteroatoms. The molecule has 1 aromatic rings. The van der Waals surface area contributed by atoms with Crippen LogP contribution in [0.25, 0.3) is 0 Å². The van der Waals surface area contributed by atoms with E-state index in [1.165, 1.54) is 12.1 Å². The quantitative estimate of drug-likeness (QED) is 0.639. The first-order chi connectivity index (χ1) is 9.50. The topological polar surface area (TPSA) is 92.5 Å². The Morgan fingerprint density at radius 2 is 2.25 bits per heavy atom. The van der Waals surface area contributed by atoms with Crippen molar-refractivity contribution in [2.45, 2.75) is 19.3 Å². The first-order valence-corrected chi connectivity index (χ1v) is 6.40. The number of benzene rings is 1. The highest BCUT2D eigenvalue weighted by atomic mass is 19.1. The average Bonchev–Trinajstić information content (AvgIpc) is 2.84. The highest BCUT2D eigenvalue weighted by molar-refractivity contribution is 5.71. The van der Waals surface area contributed by atoms with E-state index >= 15 is 0 Å². The summed E-state index contributed by atoms with van der Waals surface area (Å²) in [5.41, 5.74) is -0.511. The molecular formula is C13H15FN2O4. The molecule has 0 saturated heterocycles. The summed E-state index contributed by atoms with van der Waals surface area (Å²) in [6, 6.07) is 3.83. The maximum absolute atomic E-state index is 13.4. The van der Waals surface area contributed by atoms with E-state index in [4.69, 9.17) is 5.11 Å². The molecule has 1 aliphatic carbocycles. The van der Waals surface area contributed by atoms with Gasteiger partial charge < -0.3 is 10.4 Å². The van der Waals surface area contributed by atoms with Crippen LogP contribution in [0.4, 0.5) is 15.8 Å². The number of halogens is 1. The van der Waals surface area contributed by atoms with E-state index in [2.05, 4.69) is 5.32 Å². The molecule has 0 aliphatic heterocycles. The van der Waals surface area contributed by atoms with Crippen molar-refractivity contribution in [3.63, 3.8) is 0 Å². The van der Waals surface area contributed by atoms with Gasteiger partial charge in [-0.05, 0) is 30.9 Å². The van der Waals surface area contributed by atoms with E-state index < -0.39 is 28.3 Å². The van der Waals surface area contributed by atoms with Crippen LogP contribution in [0.3, 0.4) is 0 Å². The van der Waals surface area contributed by atoms with Crippen LogP contribution in [0.15, 0.2) is 18.2 Å². The van der Waals surface area contributed by atoms with Gasteiger partial charge in [0.05, 0.1) is 10.8 Å². The van der Waals surface area contributed by atoms with Crippen molar-refractivity contribution >= 4 is 17.3 Å². The molecule has 2 unspecified atom stereocenters. The zero-order valence-electron chi connectivity index (χ0n) is 10.7. The maximum Gasteiger partial charge on any atom is 0.327 e. The van der Waals surface area contributed by atoms with Crippen LogP contribution in [0.2, 0.25) is 0 Å². The number of carboxylic acids is 1. The largest absolute Gasteiger partial charge is 0.481 e. The van der Waals surface area contributed by atoms with E-state index in [1.807, 2.05) is 0 Å². The number of nitrogens with zero attached hydrogens (tertiary/aromatic N) is 1. The number of nitro benzene ring substituents is 1. The van der Waals surface area contributed by atoms with Gasteiger partial charge in [-0.15, -0.1) is 0 Å². The lowest BCUT2D eigenvalue weighted by Gasteiger charge is -2.17. The molecule has 1 aliphatic rings. The Kier molecular flexibility index (Phi) is 4.16. The molecule has 1 aromatic carbocycles. The van der Waals surface area contributed by atoms with Gasteiger partial charge in [0, 0.05) is 6.54 Å². The van der Waals surface area contributed by atoms with E-state index in [9.17, 15) is 19.3 Å². The van der Waals surface area contributed by atoms with Crippen molar-refractivity contribution in [2.24, 2.45) is 11.8 Å². The minimum atomic E-state index is -0.902. The molecule has 2 rings (SSSR count). The molecule has 0 heterocycles. The van der Waals surface area contributed by atoms with Crippen LogP contribution in [-0.4, -0.2) is 22.5 Å². The molecule has 2 atom stereocenters. The standard InChI is InChI=1S/C13H15FN2O4/c14-10-5-2-6-11(12(10)16(19)20)15-7-8-3-1-4-9(8)13(17)18/h2,5-6,8-9,15H,1,3-4,7H2,(H,17,18). The summed E-state index contributed by atoms with van der Waals surface area (Å²) in [5, 5.41) is 22.7. The van der Waals surface area contributed by atoms with Crippen molar-refractivity contribution in [3.8, 4) is 0 Å². The van der Waals surface area contributed by atoms with Gasteiger partial charge in [0.2, 0.25) is 5.82 Å². The fraction of sp³-hybridized carbons (Fsp3) is 0.462.